The third kappa shape index (κ3) is 24.2. The molecule has 0 aliphatic carbocycles. The number of amides is 4. The topological polar surface area (TPSA) is 298 Å². The summed E-state index contributed by atoms with van der Waals surface area (Å²) in [6.07, 6.45) is 1.10. The highest BCUT2D eigenvalue weighted by atomic mass is 32.2. The number of anilines is 2. The summed E-state index contributed by atoms with van der Waals surface area (Å²) < 4.78 is 95.2. The standard InChI is InChI=1S/C44H62N8O13S.CHF3O3S.H2S/c1-41(2,3)61-36(55)33(65-49-35(60-27-53)32-26-66-37(47-32)48-39(57)63-43(7,8)9)25-59-31-16-14-29(15-17-31)34(54)46-30-23-51(19-13-18-45-38(56)62-42(4,5)6)52(24-30)22-28-20-50(21-28)40(58)64-44(10,11)12;2-1(3,4)8(5,6)7;/h14-17,23-24,26-28,33H,13,18-22,25H2,1-12H3,(H2-,45,46,47,48,54,56,57);(H,5,6,7);1H2/b49-35-;;/t33-;;/m0../s1. The van der Waals surface area contributed by atoms with E-state index in [-0.39, 0.29) is 48.6 Å². The van der Waals surface area contributed by atoms with Crippen LogP contribution in [0.3, 0.4) is 0 Å². The van der Waals surface area contributed by atoms with Crippen LogP contribution < -0.4 is 25.4 Å². The van der Waals surface area contributed by atoms with E-state index < -0.39 is 80.7 Å². The fourth-order valence-corrected chi connectivity index (χ4v) is 6.45. The molecule has 3 aromatic rings. The second-order valence-corrected chi connectivity index (χ2v) is 22.4. The maximum Gasteiger partial charge on any atom is 0.485 e. The van der Waals surface area contributed by atoms with Gasteiger partial charge < -0.3 is 53.3 Å². The van der Waals surface area contributed by atoms with Gasteiger partial charge in [0.1, 0.15) is 46.1 Å². The summed E-state index contributed by atoms with van der Waals surface area (Å²) >= 11 is 0.999. The number of nitrogens with one attached hydrogen (secondary N) is 3. The van der Waals surface area contributed by atoms with E-state index in [2.05, 4.69) is 26.1 Å². The predicted molar refractivity (Wildman–Crippen MR) is 267 cm³/mol. The number of aromatic nitrogens is 3. The normalized spacial score (nSPS) is 13.8. The Kier molecular flexibility index (Phi) is 23.2. The second kappa shape index (κ2) is 26.9. The number of ether oxygens (including phenoxy) is 6. The number of carbonyl (C=O) groups is 6. The fraction of sp³-hybridized carbons (Fsp3) is 0.578. The van der Waals surface area contributed by atoms with Crippen LogP contribution in [0.1, 0.15) is 106 Å². The molecule has 1 fully saturated rings. The monoisotopic (exact) mass is 1130 g/mol. The van der Waals surface area contributed by atoms with Gasteiger partial charge in [-0.15, -0.1) is 16.0 Å². The van der Waals surface area contributed by atoms with Gasteiger partial charge in [-0.2, -0.15) is 31.3 Å². The largest absolute Gasteiger partial charge is 0.741 e. The lowest BCUT2D eigenvalue weighted by atomic mass is 10.0. The average molecular weight is 1130 g/mol. The van der Waals surface area contributed by atoms with Gasteiger partial charge in [0.15, 0.2) is 21.8 Å². The molecule has 2 aromatic heterocycles. The van der Waals surface area contributed by atoms with Crippen molar-refractivity contribution in [1.82, 2.24) is 19.9 Å². The minimum atomic E-state index is -6.09. The van der Waals surface area contributed by atoms with Crippen LogP contribution in [-0.4, -0.2) is 130 Å². The Morgan fingerprint density at radius 2 is 1.44 bits per heavy atom. The number of carbonyl (C=O) groups excluding carboxylic acids is 6. The summed E-state index contributed by atoms with van der Waals surface area (Å²) in [4.78, 5) is 86.3. The van der Waals surface area contributed by atoms with Crippen molar-refractivity contribution in [2.24, 2.45) is 11.1 Å². The van der Waals surface area contributed by atoms with E-state index in [9.17, 15) is 41.9 Å². The van der Waals surface area contributed by atoms with Crippen molar-refractivity contribution in [3.8, 4) is 5.75 Å². The van der Waals surface area contributed by atoms with Crippen molar-refractivity contribution in [1.29, 1.82) is 0 Å². The number of nitrogens with zero attached hydrogens (tertiary/aromatic N) is 5. The zero-order chi connectivity index (χ0) is 56.0. The number of thiazole rings is 1. The highest BCUT2D eigenvalue weighted by molar-refractivity contribution is 7.86. The van der Waals surface area contributed by atoms with Crippen LogP contribution in [0.4, 0.5) is 38.4 Å². The van der Waals surface area contributed by atoms with Gasteiger partial charge in [-0.3, -0.25) is 14.9 Å². The van der Waals surface area contributed by atoms with Crippen LogP contribution in [0.15, 0.2) is 47.2 Å². The highest BCUT2D eigenvalue weighted by Gasteiger charge is 2.38. The lowest BCUT2D eigenvalue weighted by molar-refractivity contribution is -0.781. The van der Waals surface area contributed by atoms with Gasteiger partial charge in [0.2, 0.25) is 6.20 Å². The summed E-state index contributed by atoms with van der Waals surface area (Å²) in [6, 6.07) is 6.16. The Morgan fingerprint density at radius 3 is 1.97 bits per heavy atom. The minimum Gasteiger partial charge on any atom is -0.741 e. The second-order valence-electron chi connectivity index (χ2n) is 20.1. The number of hydrogen-bond donors (Lipinski definition) is 3. The smallest absolute Gasteiger partial charge is 0.485 e. The van der Waals surface area contributed by atoms with Crippen LogP contribution >= 0.6 is 24.8 Å². The number of likely N-dealkylation sites (tertiary alicyclic amines) is 1. The Balaban J connectivity index is 0.00000197. The highest BCUT2D eigenvalue weighted by Crippen LogP contribution is 2.23. The molecule has 3 N–H and O–H groups in total. The predicted octanol–water partition coefficient (Wildman–Crippen LogP) is 6.42. The molecule has 4 rings (SSSR count). The molecule has 24 nitrogen and oxygen atoms in total. The van der Waals surface area contributed by atoms with E-state index in [1.807, 2.05) is 36.3 Å². The molecule has 1 aliphatic rings. The van der Waals surface area contributed by atoms with E-state index in [0.717, 1.165) is 11.3 Å². The third-order valence-electron chi connectivity index (χ3n) is 8.68. The molecule has 0 radical (unpaired) electrons. The quantitative estimate of drug-likeness (QED) is 0.0126. The van der Waals surface area contributed by atoms with Crippen LogP contribution in [0.25, 0.3) is 0 Å². The molecule has 0 bridgehead atoms. The maximum absolute atomic E-state index is 13.5. The number of aryl methyl sites for hydroxylation is 1. The molecule has 75 heavy (non-hydrogen) atoms. The number of oxime groups is 1. The van der Waals surface area contributed by atoms with Crippen molar-refractivity contribution >= 4 is 88.3 Å². The van der Waals surface area contributed by atoms with Gasteiger partial charge >= 0.3 is 29.8 Å². The average Bonchev–Trinajstić information content (AvgIpc) is 3.83. The third-order valence-corrected chi connectivity index (χ3v) is 10.00. The zero-order valence-electron chi connectivity index (χ0n) is 43.4. The number of benzene rings is 1. The Bertz CT molecular complexity index is 2560. The molecule has 1 atom stereocenters. The van der Waals surface area contributed by atoms with Gasteiger partial charge in [0.05, 0.1) is 18.7 Å². The van der Waals surface area contributed by atoms with Crippen LogP contribution in [0, 0.1) is 5.92 Å². The van der Waals surface area contributed by atoms with E-state index in [1.165, 1.54) is 17.5 Å². The number of esters is 1. The van der Waals surface area contributed by atoms with Gasteiger partial charge in [-0.25, -0.2) is 32.6 Å². The maximum atomic E-state index is 13.5. The Labute approximate surface area is 443 Å². The summed E-state index contributed by atoms with van der Waals surface area (Å²) in [5, 5.41) is 13.6. The number of alkyl halides is 3. The number of alkyl carbamates (subject to hydrolysis) is 1. The Hall–Kier alpha value is -6.40. The van der Waals surface area contributed by atoms with Crippen molar-refractivity contribution < 1.29 is 92.8 Å². The molecule has 0 spiro atoms. The lowest BCUT2D eigenvalue weighted by Gasteiger charge is -2.38. The van der Waals surface area contributed by atoms with Crippen molar-refractivity contribution in [3.05, 3.63) is 53.3 Å². The molecule has 1 aromatic carbocycles. The van der Waals surface area contributed by atoms with Crippen molar-refractivity contribution in [2.75, 3.05) is 36.9 Å². The van der Waals surface area contributed by atoms with E-state index in [1.54, 1.807) is 85.5 Å². The molecule has 3 heterocycles. The molecule has 30 heteroatoms. The van der Waals surface area contributed by atoms with E-state index in [0.29, 0.717) is 50.4 Å². The SMILES string of the molecule is CC(C)(C)OC(=O)NCCCn1cc(NC(=O)c2ccc(OC[C@H](O/N=C(\OC=O)c3csc(NC(=O)OC(C)(C)C)n3)C(=O)OC(C)(C)C)cc2)c[n+]1CC1CN(C(=O)OC(C)(C)C)C1.O=S(=O)([O-])C(F)(F)F.S. The first kappa shape index (κ1) is 64.7. The lowest BCUT2D eigenvalue weighted by Crippen LogP contribution is -2.58. The number of halogens is 3. The number of hydrogen-bond acceptors (Lipinski definition) is 19. The fourth-order valence-electron chi connectivity index (χ4n) is 5.78. The molecule has 4 amide bonds. The first-order valence-corrected chi connectivity index (χ1v) is 24.8. The number of rotatable bonds is 17. The van der Waals surface area contributed by atoms with Crippen molar-refractivity contribution in [3.63, 3.8) is 0 Å². The Morgan fingerprint density at radius 1 is 0.880 bits per heavy atom. The first-order valence-electron chi connectivity index (χ1n) is 22.5. The summed E-state index contributed by atoms with van der Waals surface area (Å²) in [5.74, 6) is -1.23. The summed E-state index contributed by atoms with van der Waals surface area (Å²) in [6.45, 7) is 23.1. The van der Waals surface area contributed by atoms with Gasteiger partial charge in [-0.1, -0.05) is 0 Å². The van der Waals surface area contributed by atoms with Crippen LogP contribution in [0.5, 0.6) is 5.75 Å². The van der Waals surface area contributed by atoms with Gasteiger partial charge in [0, 0.05) is 30.6 Å². The van der Waals surface area contributed by atoms with Crippen LogP contribution in [0.2, 0.25) is 0 Å². The van der Waals surface area contributed by atoms with Gasteiger partial charge in [-0.05, 0) is 119 Å². The zero-order valence-corrected chi connectivity index (χ0v) is 46.1. The molecule has 420 valence electrons. The molecule has 0 saturated carbocycles. The van der Waals surface area contributed by atoms with E-state index >= 15 is 0 Å². The molecule has 1 aliphatic heterocycles. The summed E-state index contributed by atoms with van der Waals surface area (Å²) in [7, 11) is -6.09. The molecular formula is C45H65F3N8O16S3. The molecular weight excluding hydrogens is 1060 g/mol. The minimum absolute atomic E-state index is 0. The first-order chi connectivity index (χ1) is 33.9. The summed E-state index contributed by atoms with van der Waals surface area (Å²) in [5.41, 5.74) is -7.69. The van der Waals surface area contributed by atoms with E-state index in [4.69, 9.17) is 46.2 Å². The molecule has 0 unspecified atom stereocenters. The van der Waals surface area contributed by atoms with Crippen molar-refractivity contribution in [2.45, 2.75) is 137 Å². The molecule has 1 saturated heterocycles. The van der Waals surface area contributed by atoms with Crippen LogP contribution in [-0.2, 0) is 61.3 Å². The van der Waals surface area contributed by atoms with Gasteiger partial charge in [0.25, 0.3) is 24.4 Å².